The van der Waals surface area contributed by atoms with Crippen LogP contribution in [0, 0.1) is 0 Å². The molecule has 0 aliphatic heterocycles. The molecule has 0 aliphatic carbocycles. The predicted molar refractivity (Wildman–Crippen MR) is 112 cm³/mol. The van der Waals surface area contributed by atoms with E-state index >= 15 is 0 Å². The molecule has 2 aromatic carbocycles. The van der Waals surface area contributed by atoms with Gasteiger partial charge in [-0.05, 0) is 61.5 Å². The highest BCUT2D eigenvalue weighted by atomic mass is 79.9. The Bertz CT molecular complexity index is 1170. The van der Waals surface area contributed by atoms with Crippen LogP contribution in [0.15, 0.2) is 74.5 Å². The fourth-order valence-corrected chi connectivity index (χ4v) is 3.03. The summed E-state index contributed by atoms with van der Waals surface area (Å²) in [4.78, 5) is 16.6. The molecule has 0 unspecified atom stereocenters. The molecular weight excluding hydrogens is 436 g/mol. The Hall–Kier alpha value is -3.26. The minimum atomic E-state index is -0.247. The van der Waals surface area contributed by atoms with Gasteiger partial charge in [-0.1, -0.05) is 21.1 Å². The van der Waals surface area contributed by atoms with Crippen molar-refractivity contribution in [3.8, 4) is 28.4 Å². The molecule has 0 bridgehead atoms. The molecule has 0 spiro atoms. The summed E-state index contributed by atoms with van der Waals surface area (Å²) in [7, 11) is 0. The molecule has 146 valence electrons. The average molecular weight is 453 g/mol. The summed E-state index contributed by atoms with van der Waals surface area (Å²) in [5.74, 6) is 1.56. The lowest BCUT2D eigenvalue weighted by molar-refractivity contribution is 0.340. The summed E-state index contributed by atoms with van der Waals surface area (Å²) in [5.41, 5.74) is 2.12. The van der Waals surface area contributed by atoms with Gasteiger partial charge in [0.05, 0.1) is 12.3 Å². The van der Waals surface area contributed by atoms with Gasteiger partial charge in [-0.2, -0.15) is 10.1 Å². The van der Waals surface area contributed by atoms with E-state index in [0.717, 1.165) is 21.3 Å². The molecule has 4 aromatic rings. The number of ether oxygens (including phenoxy) is 1. The highest BCUT2D eigenvalue weighted by Crippen LogP contribution is 2.21. The maximum Gasteiger partial charge on any atom is 0.267 e. The Morgan fingerprint density at radius 3 is 2.45 bits per heavy atom. The van der Waals surface area contributed by atoms with Crippen LogP contribution in [-0.4, -0.2) is 26.5 Å². The van der Waals surface area contributed by atoms with Crippen molar-refractivity contribution in [2.45, 2.75) is 13.5 Å². The fraction of sp³-hybridized carbons (Fsp3) is 0.143. The first kappa shape index (κ1) is 19.1. The molecule has 2 heterocycles. The van der Waals surface area contributed by atoms with Crippen molar-refractivity contribution in [3.63, 3.8) is 0 Å². The number of nitrogens with zero attached hydrogens (tertiary/aromatic N) is 4. The SMILES string of the molecule is CCOc1ccc(-c2ccc(=O)n(Cc3nc(-c4ccc(Br)cc4)no3)n2)cc1. The molecule has 0 aliphatic rings. The molecule has 0 saturated carbocycles. The van der Waals surface area contributed by atoms with Gasteiger partial charge < -0.3 is 9.26 Å². The van der Waals surface area contributed by atoms with Crippen molar-refractivity contribution >= 4 is 15.9 Å². The second kappa shape index (κ2) is 8.40. The monoisotopic (exact) mass is 452 g/mol. The summed E-state index contributed by atoms with van der Waals surface area (Å²) in [5, 5.41) is 8.43. The van der Waals surface area contributed by atoms with Crippen LogP contribution in [0.5, 0.6) is 5.75 Å². The molecule has 0 saturated heterocycles. The Morgan fingerprint density at radius 2 is 1.72 bits per heavy atom. The van der Waals surface area contributed by atoms with E-state index in [9.17, 15) is 4.79 Å². The quantitative estimate of drug-likeness (QED) is 0.436. The highest BCUT2D eigenvalue weighted by molar-refractivity contribution is 9.10. The third-order valence-corrected chi connectivity index (χ3v) is 4.71. The lowest BCUT2D eigenvalue weighted by atomic mass is 10.1. The Kier molecular flexibility index (Phi) is 5.53. The molecule has 0 atom stereocenters. The van der Waals surface area contributed by atoms with Gasteiger partial charge >= 0.3 is 0 Å². The number of hydrogen-bond donors (Lipinski definition) is 0. The third kappa shape index (κ3) is 4.43. The minimum absolute atomic E-state index is 0.0905. The van der Waals surface area contributed by atoms with Gasteiger partial charge in [0, 0.05) is 21.7 Å². The second-order valence-electron chi connectivity index (χ2n) is 6.19. The van der Waals surface area contributed by atoms with E-state index in [1.807, 2.05) is 55.5 Å². The molecular formula is C21H17BrN4O3. The first-order valence-corrected chi connectivity index (χ1v) is 9.81. The van der Waals surface area contributed by atoms with Gasteiger partial charge in [0.25, 0.3) is 5.56 Å². The van der Waals surface area contributed by atoms with Gasteiger partial charge in [-0.3, -0.25) is 4.79 Å². The van der Waals surface area contributed by atoms with Gasteiger partial charge in [0.15, 0.2) is 0 Å². The topological polar surface area (TPSA) is 83.0 Å². The minimum Gasteiger partial charge on any atom is -0.494 e. The second-order valence-corrected chi connectivity index (χ2v) is 7.11. The molecule has 8 heteroatoms. The van der Waals surface area contributed by atoms with Gasteiger partial charge in [0.1, 0.15) is 12.3 Å². The van der Waals surface area contributed by atoms with Gasteiger partial charge in [-0.25, -0.2) is 4.68 Å². The van der Waals surface area contributed by atoms with Crippen LogP contribution in [0.2, 0.25) is 0 Å². The molecule has 0 fully saturated rings. The Balaban J connectivity index is 1.57. The Labute approximate surface area is 175 Å². The largest absolute Gasteiger partial charge is 0.494 e. The van der Waals surface area contributed by atoms with Crippen molar-refractivity contribution in [1.29, 1.82) is 0 Å². The van der Waals surface area contributed by atoms with Crippen molar-refractivity contribution < 1.29 is 9.26 Å². The molecule has 0 amide bonds. The van der Waals surface area contributed by atoms with Crippen molar-refractivity contribution in [2.75, 3.05) is 6.61 Å². The maximum absolute atomic E-state index is 12.2. The molecule has 2 aromatic heterocycles. The van der Waals surface area contributed by atoms with E-state index < -0.39 is 0 Å². The summed E-state index contributed by atoms with van der Waals surface area (Å²) in [6.07, 6.45) is 0. The zero-order valence-electron chi connectivity index (χ0n) is 15.6. The lowest BCUT2D eigenvalue weighted by Gasteiger charge is -2.07. The van der Waals surface area contributed by atoms with Crippen LogP contribution in [0.3, 0.4) is 0 Å². The number of hydrogen-bond acceptors (Lipinski definition) is 6. The molecule has 0 N–H and O–H groups in total. The lowest BCUT2D eigenvalue weighted by Crippen LogP contribution is -2.23. The van der Waals surface area contributed by atoms with E-state index in [1.54, 1.807) is 6.07 Å². The first-order valence-electron chi connectivity index (χ1n) is 9.02. The van der Waals surface area contributed by atoms with E-state index in [1.165, 1.54) is 10.7 Å². The molecule has 4 rings (SSSR count). The van der Waals surface area contributed by atoms with Crippen LogP contribution in [0.4, 0.5) is 0 Å². The summed E-state index contributed by atoms with van der Waals surface area (Å²) in [6.45, 7) is 2.63. The fourth-order valence-electron chi connectivity index (χ4n) is 2.77. The average Bonchev–Trinajstić information content (AvgIpc) is 3.20. The summed E-state index contributed by atoms with van der Waals surface area (Å²) < 4.78 is 13.0. The van der Waals surface area contributed by atoms with E-state index in [2.05, 4.69) is 31.2 Å². The van der Waals surface area contributed by atoms with Crippen LogP contribution < -0.4 is 10.3 Å². The van der Waals surface area contributed by atoms with Crippen LogP contribution >= 0.6 is 15.9 Å². The Morgan fingerprint density at radius 1 is 1.00 bits per heavy atom. The van der Waals surface area contributed by atoms with Gasteiger partial charge in [-0.15, -0.1) is 0 Å². The highest BCUT2D eigenvalue weighted by Gasteiger charge is 2.11. The van der Waals surface area contributed by atoms with E-state index in [0.29, 0.717) is 24.0 Å². The van der Waals surface area contributed by atoms with Gasteiger partial charge in [0.2, 0.25) is 11.7 Å². The normalized spacial score (nSPS) is 10.8. The maximum atomic E-state index is 12.2. The number of benzene rings is 2. The van der Waals surface area contributed by atoms with E-state index in [4.69, 9.17) is 9.26 Å². The van der Waals surface area contributed by atoms with Crippen LogP contribution in [0.25, 0.3) is 22.6 Å². The zero-order chi connectivity index (χ0) is 20.2. The summed E-state index contributed by atoms with van der Waals surface area (Å²) >= 11 is 3.40. The smallest absolute Gasteiger partial charge is 0.267 e. The number of halogens is 1. The van der Waals surface area contributed by atoms with Crippen molar-refractivity contribution in [1.82, 2.24) is 19.9 Å². The molecule has 7 nitrogen and oxygen atoms in total. The number of rotatable bonds is 6. The zero-order valence-corrected chi connectivity index (χ0v) is 17.2. The predicted octanol–water partition coefficient (Wildman–Crippen LogP) is 4.17. The van der Waals surface area contributed by atoms with Crippen molar-refractivity contribution in [3.05, 3.63) is 81.4 Å². The standard InChI is InChI=1S/C21H17BrN4O3/c1-2-28-17-9-5-14(6-10-17)18-11-12-20(27)26(24-18)13-19-23-21(25-29-19)15-3-7-16(22)8-4-15/h3-12H,2,13H2,1H3. The molecule has 29 heavy (non-hydrogen) atoms. The van der Waals surface area contributed by atoms with E-state index in [-0.39, 0.29) is 12.1 Å². The van der Waals surface area contributed by atoms with Crippen molar-refractivity contribution in [2.24, 2.45) is 0 Å². The number of aromatic nitrogens is 4. The summed E-state index contributed by atoms with van der Waals surface area (Å²) in [6, 6.07) is 18.3. The van der Waals surface area contributed by atoms with Crippen LogP contribution in [0.1, 0.15) is 12.8 Å². The molecule has 0 radical (unpaired) electrons. The van der Waals surface area contributed by atoms with Crippen LogP contribution in [-0.2, 0) is 6.54 Å². The third-order valence-electron chi connectivity index (χ3n) is 4.18. The first-order chi connectivity index (χ1) is 14.1.